The minimum absolute atomic E-state index is 0.570. The van der Waals surface area contributed by atoms with E-state index in [1.54, 1.807) is 14.2 Å². The number of rotatable bonds is 4. The summed E-state index contributed by atoms with van der Waals surface area (Å²) in [6.07, 6.45) is 7.63. The van der Waals surface area contributed by atoms with Gasteiger partial charge in [-0.05, 0) is 19.0 Å². The topological polar surface area (TPSA) is 44.5 Å². The summed E-state index contributed by atoms with van der Waals surface area (Å²) < 4.78 is 10.6. The smallest absolute Gasteiger partial charge is 0.191 e. The van der Waals surface area contributed by atoms with Crippen LogP contribution in [0.5, 0.6) is 0 Å². The molecule has 0 heterocycles. The molecule has 1 aliphatic rings. The van der Waals surface area contributed by atoms with Crippen LogP contribution in [0.15, 0.2) is 23.8 Å². The molecule has 0 radical (unpaired) electrons. The molecule has 3 nitrogen and oxygen atoms in total. The van der Waals surface area contributed by atoms with Gasteiger partial charge < -0.3 is 15.2 Å². The van der Waals surface area contributed by atoms with Crippen molar-refractivity contribution in [3.8, 4) is 0 Å². The predicted molar refractivity (Wildman–Crippen MR) is 52.3 cm³/mol. The Bertz CT molecular complexity index is 217. The van der Waals surface area contributed by atoms with Crippen LogP contribution in [0.3, 0.4) is 0 Å². The Kier molecular flexibility index (Phi) is 3.66. The van der Waals surface area contributed by atoms with E-state index in [1.807, 2.05) is 12.2 Å². The van der Waals surface area contributed by atoms with Crippen molar-refractivity contribution in [3.63, 3.8) is 0 Å². The third-order valence-corrected chi connectivity index (χ3v) is 2.31. The minimum atomic E-state index is -0.570. The van der Waals surface area contributed by atoms with Crippen molar-refractivity contribution >= 4 is 0 Å². The van der Waals surface area contributed by atoms with Gasteiger partial charge in [0.25, 0.3) is 0 Å². The Labute approximate surface area is 79.2 Å². The maximum atomic E-state index is 5.48. The number of hydrogen-bond donors (Lipinski definition) is 1. The Morgan fingerprint density at radius 1 is 1.46 bits per heavy atom. The summed E-state index contributed by atoms with van der Waals surface area (Å²) >= 11 is 0. The van der Waals surface area contributed by atoms with Gasteiger partial charge >= 0.3 is 0 Å². The van der Waals surface area contributed by atoms with Crippen LogP contribution >= 0.6 is 0 Å². The highest BCUT2D eigenvalue weighted by Gasteiger charge is 2.28. The number of methoxy groups -OCH3 is 2. The quantitative estimate of drug-likeness (QED) is 0.666. The highest BCUT2D eigenvalue weighted by atomic mass is 16.7. The number of ether oxygens (including phenoxy) is 2. The van der Waals surface area contributed by atoms with Crippen LogP contribution in [0.4, 0.5) is 0 Å². The number of allylic oxidation sites excluding steroid dienone is 2. The lowest BCUT2D eigenvalue weighted by Gasteiger charge is -2.30. The van der Waals surface area contributed by atoms with Crippen molar-refractivity contribution < 1.29 is 9.47 Å². The zero-order valence-electron chi connectivity index (χ0n) is 8.25. The molecular formula is C10H17NO2. The molecule has 1 rings (SSSR count). The fraction of sp³-hybridized carbons (Fsp3) is 0.600. The molecular weight excluding hydrogens is 166 g/mol. The Hall–Kier alpha value is -0.640. The number of hydrogen-bond acceptors (Lipinski definition) is 3. The summed E-state index contributed by atoms with van der Waals surface area (Å²) in [7, 11) is 3.30. The van der Waals surface area contributed by atoms with Crippen LogP contribution < -0.4 is 5.73 Å². The molecule has 13 heavy (non-hydrogen) atoms. The Morgan fingerprint density at radius 2 is 2.15 bits per heavy atom. The van der Waals surface area contributed by atoms with Crippen molar-refractivity contribution in [2.45, 2.75) is 18.6 Å². The maximum Gasteiger partial charge on any atom is 0.191 e. The first-order valence-corrected chi connectivity index (χ1v) is 4.44. The zero-order valence-corrected chi connectivity index (χ0v) is 8.25. The molecule has 0 amide bonds. The van der Waals surface area contributed by atoms with Crippen molar-refractivity contribution in [3.05, 3.63) is 23.8 Å². The van der Waals surface area contributed by atoms with Gasteiger partial charge in [0, 0.05) is 20.6 Å². The van der Waals surface area contributed by atoms with Gasteiger partial charge in [0.2, 0.25) is 0 Å². The van der Waals surface area contributed by atoms with Gasteiger partial charge in [0.1, 0.15) is 0 Å². The highest BCUT2D eigenvalue weighted by molar-refractivity contribution is 5.23. The Morgan fingerprint density at radius 3 is 2.69 bits per heavy atom. The summed E-state index contributed by atoms with van der Waals surface area (Å²) in [5.74, 6) is -0.570. The molecule has 74 valence electrons. The van der Waals surface area contributed by atoms with Crippen molar-refractivity contribution in [2.24, 2.45) is 5.73 Å². The lowest BCUT2D eigenvalue weighted by molar-refractivity contribution is -0.169. The van der Waals surface area contributed by atoms with E-state index >= 15 is 0 Å². The minimum Gasteiger partial charge on any atom is -0.349 e. The molecule has 0 bridgehead atoms. The normalized spacial score (nSPS) is 20.1. The lowest BCUT2D eigenvalue weighted by atomic mass is 9.97. The van der Waals surface area contributed by atoms with E-state index < -0.39 is 5.79 Å². The Balaban J connectivity index is 2.66. The van der Waals surface area contributed by atoms with E-state index in [1.165, 1.54) is 5.57 Å². The molecule has 0 unspecified atom stereocenters. The molecule has 3 heteroatoms. The second kappa shape index (κ2) is 4.56. The van der Waals surface area contributed by atoms with E-state index in [4.69, 9.17) is 15.2 Å². The van der Waals surface area contributed by atoms with Crippen LogP contribution in [0, 0.1) is 0 Å². The van der Waals surface area contributed by atoms with E-state index in [0.717, 1.165) is 12.8 Å². The summed E-state index contributed by atoms with van der Waals surface area (Å²) in [6, 6.07) is 0. The molecule has 0 aromatic rings. The van der Waals surface area contributed by atoms with Gasteiger partial charge in [-0.2, -0.15) is 0 Å². The van der Waals surface area contributed by atoms with E-state index in [9.17, 15) is 0 Å². The fourth-order valence-electron chi connectivity index (χ4n) is 1.49. The SMILES string of the molecule is COC1(OC)C=CC=C(CCN)C1. The molecule has 0 fully saturated rings. The molecule has 0 spiro atoms. The van der Waals surface area contributed by atoms with Gasteiger partial charge in [0.15, 0.2) is 5.79 Å². The maximum absolute atomic E-state index is 5.48. The largest absolute Gasteiger partial charge is 0.349 e. The standard InChI is InChI=1S/C10H17NO2/c1-12-10(13-2)6-3-4-9(8-10)5-7-11/h3-4,6H,5,7-8,11H2,1-2H3. The van der Waals surface area contributed by atoms with E-state index in [-0.39, 0.29) is 0 Å². The fourth-order valence-corrected chi connectivity index (χ4v) is 1.49. The van der Waals surface area contributed by atoms with Gasteiger partial charge in [-0.15, -0.1) is 0 Å². The van der Waals surface area contributed by atoms with E-state index in [2.05, 4.69) is 6.08 Å². The van der Waals surface area contributed by atoms with Crippen molar-refractivity contribution in [1.82, 2.24) is 0 Å². The third kappa shape index (κ3) is 2.40. The average Bonchev–Trinajstić information content (AvgIpc) is 2.19. The van der Waals surface area contributed by atoms with Crippen LogP contribution in [0.1, 0.15) is 12.8 Å². The van der Waals surface area contributed by atoms with Crippen LogP contribution in [-0.2, 0) is 9.47 Å². The van der Waals surface area contributed by atoms with Crippen LogP contribution in [0.25, 0.3) is 0 Å². The molecule has 0 saturated carbocycles. The van der Waals surface area contributed by atoms with Gasteiger partial charge in [-0.1, -0.05) is 17.7 Å². The molecule has 0 aromatic heterocycles. The van der Waals surface area contributed by atoms with Gasteiger partial charge in [0.05, 0.1) is 0 Å². The molecule has 2 N–H and O–H groups in total. The first-order valence-electron chi connectivity index (χ1n) is 4.44. The van der Waals surface area contributed by atoms with Crippen LogP contribution in [-0.4, -0.2) is 26.6 Å². The van der Waals surface area contributed by atoms with Crippen molar-refractivity contribution in [1.29, 1.82) is 0 Å². The van der Waals surface area contributed by atoms with Gasteiger partial charge in [-0.3, -0.25) is 0 Å². The molecule has 1 aliphatic carbocycles. The summed E-state index contributed by atoms with van der Waals surface area (Å²) in [5.41, 5.74) is 6.76. The predicted octanol–water partition coefficient (Wildman–Crippen LogP) is 1.21. The number of nitrogens with two attached hydrogens (primary N) is 1. The second-order valence-electron chi connectivity index (χ2n) is 3.12. The molecule has 0 aliphatic heterocycles. The zero-order chi connectivity index (χ0) is 9.73. The summed E-state index contributed by atoms with van der Waals surface area (Å²) in [6.45, 7) is 0.670. The molecule has 0 aromatic carbocycles. The third-order valence-electron chi connectivity index (χ3n) is 2.31. The van der Waals surface area contributed by atoms with Crippen LogP contribution in [0.2, 0.25) is 0 Å². The first kappa shape index (κ1) is 10.4. The monoisotopic (exact) mass is 183 g/mol. The first-order chi connectivity index (χ1) is 6.26. The highest BCUT2D eigenvalue weighted by Crippen LogP contribution is 2.28. The summed E-state index contributed by atoms with van der Waals surface area (Å²) in [5, 5.41) is 0. The summed E-state index contributed by atoms with van der Waals surface area (Å²) in [4.78, 5) is 0. The molecule has 0 saturated heterocycles. The average molecular weight is 183 g/mol. The molecule has 0 atom stereocenters. The van der Waals surface area contributed by atoms with Gasteiger partial charge in [-0.25, -0.2) is 0 Å². The van der Waals surface area contributed by atoms with E-state index in [0.29, 0.717) is 6.54 Å². The van der Waals surface area contributed by atoms with Crippen molar-refractivity contribution in [2.75, 3.05) is 20.8 Å². The lowest BCUT2D eigenvalue weighted by Crippen LogP contribution is -2.33. The second-order valence-corrected chi connectivity index (χ2v) is 3.12.